The number of benzene rings is 1. The molecule has 5 heteroatoms. The van der Waals surface area contributed by atoms with E-state index in [0.717, 1.165) is 0 Å². The first kappa shape index (κ1) is 12.6. The van der Waals surface area contributed by atoms with Crippen LogP contribution in [0.4, 0.5) is 0 Å². The fourth-order valence-electron chi connectivity index (χ4n) is 1.57. The number of carboxylic acid groups (broad SMARTS) is 1. The minimum atomic E-state index is -1.02. The molecule has 0 saturated carbocycles. The van der Waals surface area contributed by atoms with E-state index in [-0.39, 0.29) is 11.4 Å². The van der Waals surface area contributed by atoms with Crippen molar-refractivity contribution in [2.24, 2.45) is 0 Å². The van der Waals surface area contributed by atoms with E-state index in [1.807, 2.05) is 6.07 Å². The van der Waals surface area contributed by atoms with Crippen LogP contribution in [0.1, 0.15) is 21.6 Å². The van der Waals surface area contributed by atoms with Gasteiger partial charge in [0.2, 0.25) is 5.88 Å². The summed E-state index contributed by atoms with van der Waals surface area (Å²) in [6.45, 7) is 1.60. The van der Waals surface area contributed by atoms with Gasteiger partial charge in [-0.25, -0.2) is 9.78 Å². The van der Waals surface area contributed by atoms with E-state index in [9.17, 15) is 4.79 Å². The van der Waals surface area contributed by atoms with Gasteiger partial charge in [-0.2, -0.15) is 5.26 Å². The number of carbonyl (C=O) groups is 1. The minimum Gasteiger partial charge on any atom is -0.478 e. The van der Waals surface area contributed by atoms with E-state index in [0.29, 0.717) is 17.0 Å². The van der Waals surface area contributed by atoms with Gasteiger partial charge in [-0.1, -0.05) is 6.07 Å². The molecule has 1 N–H and O–H groups in total. The number of aromatic carboxylic acids is 1. The number of ether oxygens (including phenoxy) is 1. The summed E-state index contributed by atoms with van der Waals surface area (Å²) in [6, 6.07) is 11.6. The number of nitriles is 1. The molecule has 0 fully saturated rings. The summed E-state index contributed by atoms with van der Waals surface area (Å²) < 4.78 is 5.48. The van der Waals surface area contributed by atoms with Crippen LogP contribution in [0.25, 0.3) is 0 Å². The standard InChI is InChI=1S/C14H10N2O3/c1-9-12(14(17)18)5-6-13(16-9)19-11-4-2-3-10(7-11)8-15/h2-7H,1H3,(H,17,18). The summed E-state index contributed by atoms with van der Waals surface area (Å²) in [6.07, 6.45) is 0. The summed E-state index contributed by atoms with van der Waals surface area (Å²) in [5.74, 6) is -0.255. The molecule has 1 aromatic heterocycles. The third kappa shape index (κ3) is 2.87. The maximum Gasteiger partial charge on any atom is 0.337 e. The Kier molecular flexibility index (Phi) is 3.44. The van der Waals surface area contributed by atoms with Crippen LogP contribution in [0.3, 0.4) is 0 Å². The van der Waals surface area contributed by atoms with Crippen LogP contribution in [0.2, 0.25) is 0 Å². The molecule has 0 aliphatic heterocycles. The molecule has 2 rings (SSSR count). The first-order valence-corrected chi connectivity index (χ1v) is 5.49. The topological polar surface area (TPSA) is 83.2 Å². The van der Waals surface area contributed by atoms with Gasteiger partial charge in [0.1, 0.15) is 5.75 Å². The van der Waals surface area contributed by atoms with Crippen molar-refractivity contribution in [3.8, 4) is 17.7 Å². The van der Waals surface area contributed by atoms with E-state index in [1.165, 1.54) is 12.1 Å². The molecule has 94 valence electrons. The highest BCUT2D eigenvalue weighted by atomic mass is 16.5. The lowest BCUT2D eigenvalue weighted by atomic mass is 10.2. The highest BCUT2D eigenvalue weighted by Gasteiger charge is 2.09. The van der Waals surface area contributed by atoms with Crippen molar-refractivity contribution < 1.29 is 14.6 Å². The van der Waals surface area contributed by atoms with Crippen molar-refractivity contribution >= 4 is 5.97 Å². The van der Waals surface area contributed by atoms with E-state index in [2.05, 4.69) is 4.98 Å². The van der Waals surface area contributed by atoms with Gasteiger partial charge in [-0.3, -0.25) is 0 Å². The molecule has 0 aliphatic carbocycles. The largest absolute Gasteiger partial charge is 0.478 e. The van der Waals surface area contributed by atoms with Crippen LogP contribution < -0.4 is 4.74 Å². The quantitative estimate of drug-likeness (QED) is 0.910. The second-order valence-corrected chi connectivity index (χ2v) is 3.83. The van der Waals surface area contributed by atoms with Gasteiger partial charge in [0.25, 0.3) is 0 Å². The first-order chi connectivity index (χ1) is 9.10. The lowest BCUT2D eigenvalue weighted by molar-refractivity contribution is 0.0695. The number of carboxylic acids is 1. The predicted octanol–water partition coefficient (Wildman–Crippen LogP) is 2.75. The molecule has 1 aromatic carbocycles. The van der Waals surface area contributed by atoms with Gasteiger partial charge >= 0.3 is 5.97 Å². The maximum absolute atomic E-state index is 10.9. The molecule has 5 nitrogen and oxygen atoms in total. The van der Waals surface area contributed by atoms with Crippen LogP contribution in [0.5, 0.6) is 11.6 Å². The molecule has 0 aliphatic rings. The fraction of sp³-hybridized carbons (Fsp3) is 0.0714. The number of pyridine rings is 1. The lowest BCUT2D eigenvalue weighted by Gasteiger charge is -2.06. The second kappa shape index (κ2) is 5.19. The molecule has 0 radical (unpaired) electrons. The zero-order chi connectivity index (χ0) is 13.8. The normalized spacial score (nSPS) is 9.68. The van der Waals surface area contributed by atoms with E-state index in [1.54, 1.807) is 31.2 Å². The summed E-state index contributed by atoms with van der Waals surface area (Å²) in [5.41, 5.74) is 0.996. The molecule has 0 saturated heterocycles. The Bertz CT molecular complexity index is 675. The van der Waals surface area contributed by atoms with Gasteiger partial charge in [0.15, 0.2) is 0 Å². The summed E-state index contributed by atoms with van der Waals surface area (Å²) >= 11 is 0. The molecular formula is C14H10N2O3. The fourth-order valence-corrected chi connectivity index (χ4v) is 1.57. The van der Waals surface area contributed by atoms with E-state index >= 15 is 0 Å². The van der Waals surface area contributed by atoms with Gasteiger partial charge in [-0.05, 0) is 31.2 Å². The number of hydrogen-bond donors (Lipinski definition) is 1. The van der Waals surface area contributed by atoms with Crippen LogP contribution >= 0.6 is 0 Å². The molecule has 19 heavy (non-hydrogen) atoms. The average molecular weight is 254 g/mol. The van der Waals surface area contributed by atoms with Gasteiger partial charge in [0.05, 0.1) is 22.9 Å². The number of hydrogen-bond acceptors (Lipinski definition) is 4. The molecule has 0 spiro atoms. The average Bonchev–Trinajstić information content (AvgIpc) is 2.38. The zero-order valence-electron chi connectivity index (χ0n) is 10.1. The molecule has 2 aromatic rings. The third-order valence-corrected chi connectivity index (χ3v) is 2.48. The smallest absolute Gasteiger partial charge is 0.337 e. The van der Waals surface area contributed by atoms with Crippen molar-refractivity contribution in [1.29, 1.82) is 5.26 Å². The van der Waals surface area contributed by atoms with Crippen LogP contribution in [0.15, 0.2) is 36.4 Å². The number of rotatable bonds is 3. The van der Waals surface area contributed by atoms with Gasteiger partial charge < -0.3 is 9.84 Å². The lowest BCUT2D eigenvalue weighted by Crippen LogP contribution is -2.02. The predicted molar refractivity (Wildman–Crippen MR) is 67.2 cm³/mol. The number of aryl methyl sites for hydroxylation is 1. The van der Waals surface area contributed by atoms with Crippen molar-refractivity contribution in [3.63, 3.8) is 0 Å². The first-order valence-electron chi connectivity index (χ1n) is 5.49. The van der Waals surface area contributed by atoms with Crippen LogP contribution in [-0.4, -0.2) is 16.1 Å². The molecule has 0 unspecified atom stereocenters. The Balaban J connectivity index is 2.26. The van der Waals surface area contributed by atoms with Crippen molar-refractivity contribution in [2.45, 2.75) is 6.92 Å². The summed E-state index contributed by atoms with van der Waals surface area (Å²) in [4.78, 5) is 14.9. The Morgan fingerprint density at radius 2 is 2.16 bits per heavy atom. The Morgan fingerprint density at radius 1 is 1.37 bits per heavy atom. The second-order valence-electron chi connectivity index (χ2n) is 3.83. The van der Waals surface area contributed by atoms with Crippen LogP contribution in [0, 0.1) is 18.3 Å². The molecule has 0 bridgehead atoms. The van der Waals surface area contributed by atoms with Gasteiger partial charge in [-0.15, -0.1) is 0 Å². The summed E-state index contributed by atoms with van der Waals surface area (Å²) in [7, 11) is 0. The molecule has 1 heterocycles. The molecular weight excluding hydrogens is 244 g/mol. The Labute approximate surface area is 109 Å². The third-order valence-electron chi connectivity index (χ3n) is 2.48. The molecule has 0 atom stereocenters. The van der Waals surface area contributed by atoms with Crippen LogP contribution in [-0.2, 0) is 0 Å². The van der Waals surface area contributed by atoms with Crippen molar-refractivity contribution in [1.82, 2.24) is 4.98 Å². The number of nitrogens with zero attached hydrogens (tertiary/aromatic N) is 2. The Hall–Kier alpha value is -2.87. The highest BCUT2D eigenvalue weighted by Crippen LogP contribution is 2.21. The van der Waals surface area contributed by atoms with E-state index in [4.69, 9.17) is 15.1 Å². The molecule has 0 amide bonds. The van der Waals surface area contributed by atoms with Gasteiger partial charge in [0, 0.05) is 6.07 Å². The zero-order valence-corrected chi connectivity index (χ0v) is 10.1. The van der Waals surface area contributed by atoms with Crippen molar-refractivity contribution in [3.05, 3.63) is 53.2 Å². The maximum atomic E-state index is 10.9. The SMILES string of the molecule is Cc1nc(Oc2cccc(C#N)c2)ccc1C(=O)O. The number of aromatic nitrogens is 1. The minimum absolute atomic E-state index is 0.137. The van der Waals surface area contributed by atoms with Crippen molar-refractivity contribution in [2.75, 3.05) is 0 Å². The van der Waals surface area contributed by atoms with E-state index < -0.39 is 5.97 Å². The Morgan fingerprint density at radius 3 is 2.79 bits per heavy atom. The highest BCUT2D eigenvalue weighted by molar-refractivity contribution is 5.88. The summed E-state index contributed by atoms with van der Waals surface area (Å²) in [5, 5.41) is 17.7. The monoisotopic (exact) mass is 254 g/mol.